The highest BCUT2D eigenvalue weighted by molar-refractivity contribution is 5.84. The normalized spacial score (nSPS) is 30.2. The molecule has 19 heavy (non-hydrogen) atoms. The molecule has 3 rings (SSSR count). The number of aryl methyl sites for hydroxylation is 1. The van der Waals surface area contributed by atoms with Gasteiger partial charge in [-0.05, 0) is 49.8 Å². The molecule has 1 saturated heterocycles. The van der Waals surface area contributed by atoms with Gasteiger partial charge in [-0.1, -0.05) is 25.0 Å². The predicted octanol–water partition coefficient (Wildman–Crippen LogP) is 2.62. The largest absolute Gasteiger partial charge is 0.368 e. The van der Waals surface area contributed by atoms with Crippen LogP contribution in [0.15, 0.2) is 24.3 Å². The topological polar surface area (TPSA) is 46.3 Å². The van der Waals surface area contributed by atoms with Gasteiger partial charge in [0.1, 0.15) is 6.04 Å². The molecule has 0 radical (unpaired) electrons. The summed E-state index contributed by atoms with van der Waals surface area (Å²) in [5, 5.41) is 0. The number of primary amides is 1. The number of anilines is 1. The molecule has 1 saturated carbocycles. The van der Waals surface area contributed by atoms with Crippen LogP contribution in [0.5, 0.6) is 0 Å². The number of nitrogens with two attached hydrogens (primary N) is 1. The van der Waals surface area contributed by atoms with Gasteiger partial charge in [0.05, 0.1) is 0 Å². The van der Waals surface area contributed by atoms with Crippen LogP contribution in [0.1, 0.15) is 37.7 Å². The van der Waals surface area contributed by atoms with Crippen molar-refractivity contribution in [2.75, 3.05) is 4.90 Å². The van der Waals surface area contributed by atoms with E-state index in [0.717, 1.165) is 6.42 Å². The summed E-state index contributed by atoms with van der Waals surface area (Å²) < 4.78 is 0. The Kier molecular flexibility index (Phi) is 3.21. The van der Waals surface area contributed by atoms with Gasteiger partial charge in [0.2, 0.25) is 5.91 Å². The molecule has 3 unspecified atom stereocenters. The van der Waals surface area contributed by atoms with E-state index in [2.05, 4.69) is 36.1 Å². The smallest absolute Gasteiger partial charge is 0.240 e. The fourth-order valence-corrected chi connectivity index (χ4v) is 3.87. The van der Waals surface area contributed by atoms with Crippen LogP contribution in [0.25, 0.3) is 0 Å². The molecule has 0 spiro atoms. The van der Waals surface area contributed by atoms with Gasteiger partial charge in [0.15, 0.2) is 0 Å². The highest BCUT2D eigenvalue weighted by atomic mass is 16.1. The number of hydrogen-bond donors (Lipinski definition) is 1. The maximum Gasteiger partial charge on any atom is 0.240 e. The average Bonchev–Trinajstić information content (AvgIpc) is 2.78. The van der Waals surface area contributed by atoms with Crippen molar-refractivity contribution in [1.29, 1.82) is 0 Å². The molecule has 102 valence electrons. The second kappa shape index (κ2) is 4.87. The highest BCUT2D eigenvalue weighted by Crippen LogP contribution is 2.42. The third-order valence-electron chi connectivity index (χ3n) is 4.72. The number of amides is 1. The fraction of sp³-hybridized carbons (Fsp3) is 0.562. The number of hydrogen-bond acceptors (Lipinski definition) is 2. The molecule has 1 amide bonds. The minimum atomic E-state index is -0.170. The Morgan fingerprint density at radius 3 is 2.84 bits per heavy atom. The highest BCUT2D eigenvalue weighted by Gasteiger charge is 2.44. The zero-order chi connectivity index (χ0) is 13.4. The lowest BCUT2D eigenvalue weighted by Crippen LogP contribution is -2.45. The van der Waals surface area contributed by atoms with Crippen molar-refractivity contribution in [2.45, 2.75) is 51.1 Å². The molecule has 0 bridgehead atoms. The first-order valence-corrected chi connectivity index (χ1v) is 7.31. The third kappa shape index (κ3) is 2.22. The lowest BCUT2D eigenvalue weighted by molar-refractivity contribution is -0.119. The van der Waals surface area contributed by atoms with Crippen LogP contribution in [0, 0.1) is 12.8 Å². The third-order valence-corrected chi connectivity index (χ3v) is 4.72. The molecule has 3 nitrogen and oxygen atoms in total. The molecular formula is C16H22N2O. The van der Waals surface area contributed by atoms with Gasteiger partial charge >= 0.3 is 0 Å². The van der Waals surface area contributed by atoms with Crippen LogP contribution >= 0.6 is 0 Å². The van der Waals surface area contributed by atoms with E-state index in [0.29, 0.717) is 12.0 Å². The van der Waals surface area contributed by atoms with E-state index < -0.39 is 0 Å². The number of rotatable bonds is 2. The summed E-state index contributed by atoms with van der Waals surface area (Å²) in [6.45, 7) is 2.09. The molecule has 3 atom stereocenters. The van der Waals surface area contributed by atoms with Gasteiger partial charge in [-0.3, -0.25) is 4.79 Å². The van der Waals surface area contributed by atoms with Crippen LogP contribution in [-0.2, 0) is 4.79 Å². The first-order valence-electron chi connectivity index (χ1n) is 7.31. The van der Waals surface area contributed by atoms with E-state index in [-0.39, 0.29) is 11.9 Å². The molecule has 1 aromatic carbocycles. The Morgan fingerprint density at radius 2 is 2.11 bits per heavy atom. The summed E-state index contributed by atoms with van der Waals surface area (Å²) in [7, 11) is 0. The minimum absolute atomic E-state index is 0.116. The van der Waals surface area contributed by atoms with Crippen LogP contribution in [0.2, 0.25) is 0 Å². The summed E-state index contributed by atoms with van der Waals surface area (Å²) in [6.07, 6.45) is 5.95. The summed E-state index contributed by atoms with van der Waals surface area (Å²) in [6, 6.07) is 8.84. The predicted molar refractivity (Wildman–Crippen MR) is 77.0 cm³/mol. The summed E-state index contributed by atoms with van der Waals surface area (Å²) in [5.74, 6) is 0.475. The zero-order valence-electron chi connectivity index (χ0n) is 11.5. The van der Waals surface area contributed by atoms with Crippen LogP contribution in [0.4, 0.5) is 5.69 Å². The van der Waals surface area contributed by atoms with Crippen LogP contribution in [-0.4, -0.2) is 18.0 Å². The van der Waals surface area contributed by atoms with Crippen LogP contribution < -0.4 is 10.6 Å². The molecule has 3 heteroatoms. The van der Waals surface area contributed by atoms with Gasteiger partial charge in [-0.2, -0.15) is 0 Å². The zero-order valence-corrected chi connectivity index (χ0v) is 11.5. The Balaban J connectivity index is 1.96. The molecular weight excluding hydrogens is 236 g/mol. The first-order chi connectivity index (χ1) is 9.16. The van der Waals surface area contributed by atoms with E-state index in [9.17, 15) is 4.79 Å². The molecule has 0 aromatic heterocycles. The molecule has 2 fully saturated rings. The minimum Gasteiger partial charge on any atom is -0.368 e. The van der Waals surface area contributed by atoms with Gasteiger partial charge in [-0.25, -0.2) is 0 Å². The Bertz CT molecular complexity index is 485. The van der Waals surface area contributed by atoms with E-state index in [1.54, 1.807) is 0 Å². The molecule has 1 aliphatic carbocycles. The molecule has 1 aliphatic heterocycles. The van der Waals surface area contributed by atoms with E-state index >= 15 is 0 Å². The van der Waals surface area contributed by atoms with Gasteiger partial charge in [0.25, 0.3) is 0 Å². The van der Waals surface area contributed by atoms with Gasteiger partial charge < -0.3 is 10.6 Å². The van der Waals surface area contributed by atoms with E-state index in [1.165, 1.54) is 36.9 Å². The standard InChI is InChI=1S/C16H22N2O/c1-11-5-4-7-13(9-11)18-14-8-3-2-6-12(14)10-15(18)16(17)19/h4-5,7,9,12,14-15H,2-3,6,8,10H2,1H3,(H2,17,19). The average molecular weight is 258 g/mol. The van der Waals surface area contributed by atoms with Crippen molar-refractivity contribution >= 4 is 11.6 Å². The van der Waals surface area contributed by atoms with E-state index in [4.69, 9.17) is 5.73 Å². The SMILES string of the molecule is Cc1cccc(N2C(C(N)=O)CC3CCCCC32)c1. The maximum absolute atomic E-state index is 11.8. The molecule has 1 aromatic rings. The lowest BCUT2D eigenvalue weighted by atomic mass is 9.84. The summed E-state index contributed by atoms with van der Waals surface area (Å²) in [5.41, 5.74) is 8.04. The number of nitrogens with zero attached hydrogens (tertiary/aromatic N) is 1. The first kappa shape index (κ1) is 12.5. The maximum atomic E-state index is 11.8. The van der Waals surface area contributed by atoms with Gasteiger partial charge in [0, 0.05) is 11.7 Å². The van der Waals surface area contributed by atoms with Gasteiger partial charge in [-0.15, -0.1) is 0 Å². The number of benzene rings is 1. The quantitative estimate of drug-likeness (QED) is 0.886. The monoisotopic (exact) mass is 258 g/mol. The van der Waals surface area contributed by atoms with Crippen molar-refractivity contribution in [2.24, 2.45) is 11.7 Å². The number of carbonyl (C=O) groups is 1. The fourth-order valence-electron chi connectivity index (χ4n) is 3.87. The van der Waals surface area contributed by atoms with E-state index in [1.807, 2.05) is 0 Å². The molecule has 2 aliphatic rings. The summed E-state index contributed by atoms with van der Waals surface area (Å²) in [4.78, 5) is 14.1. The van der Waals surface area contributed by atoms with Crippen molar-refractivity contribution in [1.82, 2.24) is 0 Å². The Morgan fingerprint density at radius 1 is 1.32 bits per heavy atom. The summed E-state index contributed by atoms with van der Waals surface area (Å²) >= 11 is 0. The lowest BCUT2D eigenvalue weighted by Gasteiger charge is -2.35. The number of carbonyl (C=O) groups excluding carboxylic acids is 1. The Hall–Kier alpha value is -1.51. The molecule has 2 N–H and O–H groups in total. The van der Waals surface area contributed by atoms with Crippen LogP contribution in [0.3, 0.4) is 0 Å². The van der Waals surface area contributed by atoms with Crippen molar-refractivity contribution in [3.05, 3.63) is 29.8 Å². The Labute approximate surface area is 114 Å². The molecule has 1 heterocycles. The van der Waals surface area contributed by atoms with Crippen molar-refractivity contribution in [3.8, 4) is 0 Å². The van der Waals surface area contributed by atoms with Crippen molar-refractivity contribution < 1.29 is 4.79 Å². The van der Waals surface area contributed by atoms with Crippen molar-refractivity contribution in [3.63, 3.8) is 0 Å². The second-order valence-electron chi connectivity index (χ2n) is 6.01. The second-order valence-corrected chi connectivity index (χ2v) is 6.01. The number of fused-ring (bicyclic) bond motifs is 1.